The van der Waals surface area contributed by atoms with Gasteiger partial charge in [-0.3, -0.25) is 14.4 Å². The van der Waals surface area contributed by atoms with E-state index in [-0.39, 0.29) is 18.7 Å². The summed E-state index contributed by atoms with van der Waals surface area (Å²) in [6, 6.07) is 4.72. The van der Waals surface area contributed by atoms with Crippen LogP contribution in [0.5, 0.6) is 0 Å². The van der Waals surface area contributed by atoms with Crippen LogP contribution in [-0.2, 0) is 14.4 Å². The second-order valence-electron chi connectivity index (χ2n) is 4.43. The van der Waals surface area contributed by atoms with E-state index in [9.17, 15) is 14.4 Å². The summed E-state index contributed by atoms with van der Waals surface area (Å²) in [5, 5.41) is 14.1. The maximum Gasteiger partial charge on any atom is 0.303 e. The van der Waals surface area contributed by atoms with Gasteiger partial charge < -0.3 is 15.7 Å². The largest absolute Gasteiger partial charge is 0.481 e. The molecule has 7 heteroatoms. The van der Waals surface area contributed by atoms with E-state index in [1.807, 2.05) is 6.92 Å². The van der Waals surface area contributed by atoms with Gasteiger partial charge in [0.05, 0.1) is 17.1 Å². The van der Waals surface area contributed by atoms with Gasteiger partial charge in [0.1, 0.15) is 0 Å². The van der Waals surface area contributed by atoms with Gasteiger partial charge >= 0.3 is 5.97 Å². The van der Waals surface area contributed by atoms with Gasteiger partial charge in [-0.2, -0.15) is 0 Å². The molecule has 21 heavy (non-hydrogen) atoms. The minimum atomic E-state index is -1.04. The molecule has 0 saturated heterocycles. The van der Waals surface area contributed by atoms with Crippen molar-refractivity contribution >= 4 is 40.8 Å². The molecule has 0 aliphatic heterocycles. The van der Waals surface area contributed by atoms with E-state index in [0.29, 0.717) is 22.8 Å². The van der Waals surface area contributed by atoms with Gasteiger partial charge in [0.25, 0.3) is 0 Å². The Bertz CT molecular complexity index is 546. The highest BCUT2D eigenvalue weighted by molar-refractivity contribution is 6.33. The molecule has 1 aromatic carbocycles. The number of anilines is 2. The quantitative estimate of drug-likeness (QED) is 0.721. The number of nitrogens with one attached hydrogen (secondary N) is 2. The summed E-state index contributed by atoms with van der Waals surface area (Å²) in [5.74, 6) is -1.61. The fraction of sp³-hybridized carbons (Fsp3) is 0.357. The lowest BCUT2D eigenvalue weighted by Crippen LogP contribution is -2.14. The lowest BCUT2D eigenvalue weighted by molar-refractivity contribution is -0.138. The minimum Gasteiger partial charge on any atom is -0.481 e. The van der Waals surface area contributed by atoms with E-state index < -0.39 is 11.9 Å². The van der Waals surface area contributed by atoms with Crippen LogP contribution in [0.3, 0.4) is 0 Å². The van der Waals surface area contributed by atoms with Crippen LogP contribution in [0.1, 0.15) is 32.6 Å². The Morgan fingerprint density at radius 2 is 1.76 bits per heavy atom. The van der Waals surface area contributed by atoms with Gasteiger partial charge in [-0.25, -0.2) is 0 Å². The Kier molecular flexibility index (Phi) is 6.68. The van der Waals surface area contributed by atoms with Gasteiger partial charge in [0, 0.05) is 18.5 Å². The molecule has 3 N–H and O–H groups in total. The first kappa shape index (κ1) is 17.0. The van der Waals surface area contributed by atoms with Gasteiger partial charge in [0.15, 0.2) is 0 Å². The zero-order chi connectivity index (χ0) is 15.8. The summed E-state index contributed by atoms with van der Waals surface area (Å²) in [4.78, 5) is 33.5. The molecule has 0 bridgehead atoms. The number of benzene rings is 1. The number of rotatable bonds is 7. The summed E-state index contributed by atoms with van der Waals surface area (Å²) >= 11 is 5.96. The Hall–Kier alpha value is -2.08. The van der Waals surface area contributed by atoms with E-state index in [1.165, 1.54) is 6.07 Å². The molecule has 1 aromatic rings. The summed E-state index contributed by atoms with van der Waals surface area (Å²) in [6.45, 7) is 1.90. The van der Waals surface area contributed by atoms with Crippen LogP contribution in [0.25, 0.3) is 0 Å². The normalized spacial score (nSPS) is 10.0. The van der Waals surface area contributed by atoms with Crippen LogP contribution in [-0.4, -0.2) is 22.9 Å². The molecule has 0 radical (unpaired) electrons. The average molecular weight is 313 g/mol. The molecule has 0 fully saturated rings. The summed E-state index contributed by atoms with van der Waals surface area (Å²) in [6.07, 6.45) is 0.746. The molecule has 0 aliphatic carbocycles. The van der Waals surface area contributed by atoms with Crippen LogP contribution in [0.15, 0.2) is 18.2 Å². The van der Waals surface area contributed by atoms with E-state index in [0.717, 1.165) is 6.42 Å². The molecule has 6 nitrogen and oxygen atoms in total. The minimum absolute atomic E-state index is 0.122. The number of aliphatic carboxylic acids is 1. The molecule has 0 heterocycles. The van der Waals surface area contributed by atoms with Crippen LogP contribution < -0.4 is 10.6 Å². The number of halogens is 1. The molecule has 0 aromatic heterocycles. The summed E-state index contributed by atoms with van der Waals surface area (Å²) < 4.78 is 0. The average Bonchev–Trinajstić information content (AvgIpc) is 2.40. The van der Waals surface area contributed by atoms with Crippen molar-refractivity contribution < 1.29 is 19.5 Å². The molecular formula is C14H17ClN2O4. The molecule has 0 saturated carbocycles. The zero-order valence-electron chi connectivity index (χ0n) is 11.6. The highest BCUT2D eigenvalue weighted by Gasteiger charge is 2.10. The van der Waals surface area contributed by atoms with E-state index in [2.05, 4.69) is 10.6 Å². The van der Waals surface area contributed by atoms with Crippen molar-refractivity contribution in [3.8, 4) is 0 Å². The maximum atomic E-state index is 11.6. The summed E-state index contributed by atoms with van der Waals surface area (Å²) in [5.41, 5.74) is 0.854. The third-order valence-electron chi connectivity index (χ3n) is 2.57. The Morgan fingerprint density at radius 3 is 2.38 bits per heavy atom. The van der Waals surface area contributed by atoms with Gasteiger partial charge in [-0.05, 0) is 24.6 Å². The smallest absolute Gasteiger partial charge is 0.303 e. The van der Waals surface area contributed by atoms with Crippen molar-refractivity contribution in [2.24, 2.45) is 0 Å². The van der Waals surface area contributed by atoms with Crippen LogP contribution >= 0.6 is 11.6 Å². The topological polar surface area (TPSA) is 95.5 Å². The zero-order valence-corrected chi connectivity index (χ0v) is 12.4. The Balaban J connectivity index is 2.71. The number of carboxylic acids is 1. The van der Waals surface area contributed by atoms with Crippen LogP contribution in [0.2, 0.25) is 5.02 Å². The fourth-order valence-corrected chi connectivity index (χ4v) is 1.75. The Morgan fingerprint density at radius 1 is 1.10 bits per heavy atom. The molecule has 0 atom stereocenters. The van der Waals surface area contributed by atoms with Crippen molar-refractivity contribution in [1.29, 1.82) is 0 Å². The number of carbonyl (C=O) groups is 3. The molecule has 114 valence electrons. The molecule has 0 aliphatic rings. The second-order valence-corrected chi connectivity index (χ2v) is 4.84. The third kappa shape index (κ3) is 6.27. The van der Waals surface area contributed by atoms with Crippen molar-refractivity contribution in [1.82, 2.24) is 0 Å². The number of carboxylic acid groups (broad SMARTS) is 1. The number of carbonyl (C=O) groups excluding carboxylic acids is 2. The summed E-state index contributed by atoms with van der Waals surface area (Å²) in [7, 11) is 0. The third-order valence-corrected chi connectivity index (χ3v) is 2.90. The highest BCUT2D eigenvalue weighted by atomic mass is 35.5. The monoisotopic (exact) mass is 312 g/mol. The van der Waals surface area contributed by atoms with Gasteiger partial charge in [0.2, 0.25) is 11.8 Å². The highest BCUT2D eigenvalue weighted by Crippen LogP contribution is 2.26. The first-order valence-corrected chi connectivity index (χ1v) is 6.91. The maximum absolute atomic E-state index is 11.6. The molecule has 0 spiro atoms. The predicted molar refractivity (Wildman–Crippen MR) is 80.5 cm³/mol. The van der Waals surface area contributed by atoms with E-state index in [4.69, 9.17) is 16.7 Å². The molecule has 1 rings (SSSR count). The first-order valence-electron chi connectivity index (χ1n) is 6.53. The van der Waals surface area contributed by atoms with Crippen molar-refractivity contribution in [3.63, 3.8) is 0 Å². The predicted octanol–water partition coefficient (Wildman–Crippen LogP) is 2.88. The van der Waals surface area contributed by atoms with Crippen molar-refractivity contribution in [2.45, 2.75) is 32.6 Å². The molecule has 2 amide bonds. The van der Waals surface area contributed by atoms with Gasteiger partial charge in [-0.15, -0.1) is 0 Å². The number of amides is 2. The van der Waals surface area contributed by atoms with Gasteiger partial charge in [-0.1, -0.05) is 18.5 Å². The fourth-order valence-electron chi connectivity index (χ4n) is 1.58. The van der Waals surface area contributed by atoms with Crippen molar-refractivity contribution in [2.75, 3.05) is 10.6 Å². The van der Waals surface area contributed by atoms with Crippen LogP contribution in [0.4, 0.5) is 11.4 Å². The van der Waals surface area contributed by atoms with E-state index in [1.54, 1.807) is 12.1 Å². The second kappa shape index (κ2) is 8.26. The van der Waals surface area contributed by atoms with Crippen LogP contribution in [0, 0.1) is 0 Å². The number of hydrogen-bond donors (Lipinski definition) is 3. The molecular weight excluding hydrogens is 296 g/mol. The standard InChI is InChI=1S/C14H17ClN2O4/c1-2-3-12(18)16-9-4-5-10(15)11(8-9)17-13(19)6-7-14(20)21/h4-5,8H,2-3,6-7H2,1H3,(H,16,18)(H,17,19)(H,20,21). The lowest BCUT2D eigenvalue weighted by atomic mass is 10.2. The molecule has 0 unspecified atom stereocenters. The lowest BCUT2D eigenvalue weighted by Gasteiger charge is -2.10. The van der Waals surface area contributed by atoms with E-state index >= 15 is 0 Å². The SMILES string of the molecule is CCCC(=O)Nc1ccc(Cl)c(NC(=O)CCC(=O)O)c1. The first-order chi connectivity index (χ1) is 9.92. The Labute approximate surface area is 127 Å². The number of hydrogen-bond acceptors (Lipinski definition) is 3. The van der Waals surface area contributed by atoms with Crippen molar-refractivity contribution in [3.05, 3.63) is 23.2 Å².